The molecule has 0 spiro atoms. The Labute approximate surface area is 171 Å². The molecule has 1 atom stereocenters. The van der Waals surface area contributed by atoms with Gasteiger partial charge in [-0.1, -0.05) is 47.2 Å². The Morgan fingerprint density at radius 3 is 2.79 bits per heavy atom. The number of anilines is 1. The van der Waals surface area contributed by atoms with Crippen molar-refractivity contribution in [1.29, 1.82) is 0 Å². The minimum Gasteiger partial charge on any atom is -0.324 e. The molecule has 8 heteroatoms. The van der Waals surface area contributed by atoms with Crippen molar-refractivity contribution in [3.63, 3.8) is 0 Å². The van der Waals surface area contributed by atoms with Gasteiger partial charge in [-0.3, -0.25) is 0 Å². The third-order valence-corrected chi connectivity index (χ3v) is 6.17. The van der Waals surface area contributed by atoms with Crippen LogP contribution in [0.2, 0.25) is 5.02 Å². The van der Waals surface area contributed by atoms with E-state index in [1.165, 1.54) is 17.4 Å². The van der Waals surface area contributed by atoms with Crippen molar-refractivity contribution in [1.82, 2.24) is 15.1 Å². The van der Waals surface area contributed by atoms with E-state index in [-0.39, 0.29) is 17.8 Å². The number of amides is 2. The molecule has 2 heterocycles. The summed E-state index contributed by atoms with van der Waals surface area (Å²) in [5.74, 6) is -0.224. The predicted molar refractivity (Wildman–Crippen MR) is 109 cm³/mol. The number of piperidine rings is 1. The standard InChI is InChI=1S/C20H18ClFN4OS/c21-15-8-2-4-10-17(15)23-20(27)26-11-5-6-13(12-26)18-24-25-19(28-18)14-7-1-3-9-16(14)22/h1-4,7-10,13H,5-6,11-12H2,(H,23,27). The molecule has 1 aromatic heterocycles. The van der Waals surface area contributed by atoms with Crippen molar-refractivity contribution in [2.45, 2.75) is 18.8 Å². The summed E-state index contributed by atoms with van der Waals surface area (Å²) in [6.07, 6.45) is 1.79. The first-order valence-electron chi connectivity index (χ1n) is 9.00. The molecule has 1 saturated heterocycles. The van der Waals surface area contributed by atoms with Gasteiger partial charge >= 0.3 is 6.03 Å². The Balaban J connectivity index is 1.46. The zero-order chi connectivity index (χ0) is 19.5. The van der Waals surface area contributed by atoms with E-state index in [0.29, 0.717) is 34.4 Å². The number of likely N-dealkylation sites (tertiary alicyclic amines) is 1. The van der Waals surface area contributed by atoms with Gasteiger partial charge in [-0.2, -0.15) is 0 Å². The first-order chi connectivity index (χ1) is 13.6. The molecular weight excluding hydrogens is 399 g/mol. The highest BCUT2D eigenvalue weighted by molar-refractivity contribution is 7.14. The minimum atomic E-state index is -0.311. The van der Waals surface area contributed by atoms with Crippen LogP contribution in [-0.2, 0) is 0 Å². The van der Waals surface area contributed by atoms with Gasteiger partial charge in [-0.15, -0.1) is 10.2 Å². The Morgan fingerprint density at radius 2 is 1.96 bits per heavy atom. The molecule has 3 aromatic rings. The number of para-hydroxylation sites is 1. The van der Waals surface area contributed by atoms with Gasteiger partial charge in [0.15, 0.2) is 5.01 Å². The van der Waals surface area contributed by atoms with Crippen molar-refractivity contribution in [3.8, 4) is 10.6 Å². The monoisotopic (exact) mass is 416 g/mol. The number of benzene rings is 2. The average Bonchev–Trinajstić information content (AvgIpc) is 3.20. The maximum Gasteiger partial charge on any atom is 0.321 e. The van der Waals surface area contributed by atoms with E-state index < -0.39 is 0 Å². The lowest BCUT2D eigenvalue weighted by molar-refractivity contribution is 0.192. The van der Waals surface area contributed by atoms with Gasteiger partial charge < -0.3 is 10.2 Å². The van der Waals surface area contributed by atoms with Crippen LogP contribution in [0.15, 0.2) is 48.5 Å². The van der Waals surface area contributed by atoms with E-state index in [1.807, 2.05) is 12.1 Å². The van der Waals surface area contributed by atoms with E-state index in [9.17, 15) is 9.18 Å². The summed E-state index contributed by atoms with van der Waals surface area (Å²) in [5, 5.41) is 13.2. The summed E-state index contributed by atoms with van der Waals surface area (Å²) in [4.78, 5) is 14.4. The molecule has 0 radical (unpaired) electrons. The summed E-state index contributed by atoms with van der Waals surface area (Å²) in [5.41, 5.74) is 1.05. The highest BCUT2D eigenvalue weighted by Gasteiger charge is 2.28. The normalized spacial score (nSPS) is 16.8. The van der Waals surface area contributed by atoms with E-state index in [4.69, 9.17) is 11.6 Å². The topological polar surface area (TPSA) is 58.1 Å². The number of halogens is 2. The Kier molecular flexibility index (Phi) is 5.54. The summed E-state index contributed by atoms with van der Waals surface area (Å²) < 4.78 is 14.0. The SMILES string of the molecule is O=C(Nc1ccccc1Cl)N1CCCC(c2nnc(-c3ccccc3F)s2)C1. The number of aromatic nitrogens is 2. The Hall–Kier alpha value is -2.51. The number of rotatable bonds is 3. The molecule has 1 N–H and O–H groups in total. The number of nitrogens with zero attached hydrogens (tertiary/aromatic N) is 3. The molecule has 5 nitrogen and oxygen atoms in total. The van der Waals surface area contributed by atoms with E-state index in [1.54, 1.807) is 35.2 Å². The molecule has 1 fully saturated rings. The van der Waals surface area contributed by atoms with Crippen LogP contribution >= 0.6 is 22.9 Å². The molecule has 0 bridgehead atoms. The second kappa shape index (κ2) is 8.24. The van der Waals surface area contributed by atoms with Gasteiger partial charge in [0, 0.05) is 24.6 Å². The smallest absolute Gasteiger partial charge is 0.321 e. The fourth-order valence-electron chi connectivity index (χ4n) is 3.26. The quantitative estimate of drug-likeness (QED) is 0.621. The molecule has 4 rings (SSSR count). The molecule has 0 aliphatic carbocycles. The molecule has 0 saturated carbocycles. The number of hydrogen-bond acceptors (Lipinski definition) is 4. The molecule has 1 aliphatic heterocycles. The zero-order valence-corrected chi connectivity index (χ0v) is 16.5. The average molecular weight is 417 g/mol. The van der Waals surface area contributed by atoms with Crippen molar-refractivity contribution >= 4 is 34.7 Å². The second-order valence-corrected chi connectivity index (χ2v) is 8.04. The lowest BCUT2D eigenvalue weighted by Gasteiger charge is -2.31. The van der Waals surface area contributed by atoms with Gasteiger partial charge in [-0.25, -0.2) is 9.18 Å². The molecule has 1 aliphatic rings. The van der Waals surface area contributed by atoms with Crippen LogP contribution in [0.4, 0.5) is 14.9 Å². The van der Waals surface area contributed by atoms with Crippen LogP contribution in [0.3, 0.4) is 0 Å². The highest BCUT2D eigenvalue weighted by Crippen LogP contribution is 2.33. The second-order valence-electron chi connectivity index (χ2n) is 6.62. The van der Waals surface area contributed by atoms with Crippen molar-refractivity contribution < 1.29 is 9.18 Å². The largest absolute Gasteiger partial charge is 0.324 e. The van der Waals surface area contributed by atoms with Crippen LogP contribution in [0.25, 0.3) is 10.6 Å². The summed E-state index contributed by atoms with van der Waals surface area (Å²) >= 11 is 7.51. The first-order valence-corrected chi connectivity index (χ1v) is 10.2. The maximum atomic E-state index is 14.0. The third-order valence-electron chi connectivity index (χ3n) is 4.72. The van der Waals surface area contributed by atoms with Crippen molar-refractivity contribution in [2.24, 2.45) is 0 Å². The fraction of sp³-hybridized carbons (Fsp3) is 0.250. The molecular formula is C20H18ClFN4OS. The Morgan fingerprint density at radius 1 is 1.18 bits per heavy atom. The van der Waals surface area contributed by atoms with Gasteiger partial charge in [-0.05, 0) is 37.1 Å². The van der Waals surface area contributed by atoms with Gasteiger partial charge in [0.05, 0.1) is 10.7 Å². The van der Waals surface area contributed by atoms with Crippen LogP contribution in [0.1, 0.15) is 23.8 Å². The first kappa shape index (κ1) is 18.8. The zero-order valence-electron chi connectivity index (χ0n) is 14.9. The van der Waals surface area contributed by atoms with Gasteiger partial charge in [0.25, 0.3) is 0 Å². The van der Waals surface area contributed by atoms with Crippen LogP contribution in [-0.4, -0.2) is 34.2 Å². The lowest BCUT2D eigenvalue weighted by Crippen LogP contribution is -2.41. The number of urea groups is 1. The van der Waals surface area contributed by atoms with E-state index in [2.05, 4.69) is 15.5 Å². The van der Waals surface area contributed by atoms with Gasteiger partial charge in [0.2, 0.25) is 0 Å². The summed E-state index contributed by atoms with van der Waals surface area (Å²) in [6.45, 7) is 1.22. The van der Waals surface area contributed by atoms with Crippen LogP contribution in [0, 0.1) is 5.82 Å². The van der Waals surface area contributed by atoms with Gasteiger partial charge in [0.1, 0.15) is 10.8 Å². The summed E-state index contributed by atoms with van der Waals surface area (Å²) in [6, 6.07) is 13.5. The van der Waals surface area contributed by atoms with Crippen LogP contribution < -0.4 is 5.32 Å². The number of carbonyl (C=O) groups is 1. The third kappa shape index (κ3) is 4.00. The summed E-state index contributed by atoms with van der Waals surface area (Å²) in [7, 11) is 0. The lowest BCUT2D eigenvalue weighted by atomic mass is 9.99. The van der Waals surface area contributed by atoms with Crippen molar-refractivity contribution in [3.05, 3.63) is 64.4 Å². The van der Waals surface area contributed by atoms with Crippen LogP contribution in [0.5, 0.6) is 0 Å². The van der Waals surface area contributed by atoms with E-state index >= 15 is 0 Å². The molecule has 28 heavy (non-hydrogen) atoms. The maximum absolute atomic E-state index is 14.0. The molecule has 2 amide bonds. The number of carbonyl (C=O) groups excluding carboxylic acids is 1. The predicted octanol–water partition coefficient (Wildman–Crippen LogP) is 5.41. The molecule has 2 aromatic carbocycles. The highest BCUT2D eigenvalue weighted by atomic mass is 35.5. The van der Waals surface area contributed by atoms with Crippen molar-refractivity contribution in [2.75, 3.05) is 18.4 Å². The van der Waals surface area contributed by atoms with E-state index in [0.717, 1.165) is 17.8 Å². The Bertz CT molecular complexity index is 996. The number of nitrogens with one attached hydrogen (secondary N) is 1. The number of hydrogen-bond donors (Lipinski definition) is 1. The fourth-order valence-corrected chi connectivity index (χ4v) is 4.44. The minimum absolute atomic E-state index is 0.0868. The molecule has 1 unspecified atom stereocenters. The molecule has 144 valence electrons.